The van der Waals surface area contributed by atoms with Gasteiger partial charge in [-0.1, -0.05) is 54.6 Å². The molecule has 1 N–H and O–H groups in total. The molecule has 0 aliphatic rings. The van der Waals surface area contributed by atoms with Gasteiger partial charge >= 0.3 is 0 Å². The zero-order valence-corrected chi connectivity index (χ0v) is 15.0. The van der Waals surface area contributed by atoms with E-state index in [0.29, 0.717) is 13.0 Å². The molecule has 0 saturated heterocycles. The molecule has 138 valence electrons. The Morgan fingerprint density at radius 3 is 2.37 bits per heavy atom. The number of aromatic nitrogens is 1. The van der Waals surface area contributed by atoms with Crippen molar-refractivity contribution in [3.63, 3.8) is 0 Å². The second-order valence-corrected chi connectivity index (χ2v) is 6.00. The van der Waals surface area contributed by atoms with Crippen LogP contribution in [0.4, 0.5) is 0 Å². The zero-order valence-electron chi connectivity index (χ0n) is 15.0. The second kappa shape index (κ2) is 10.1. The molecule has 1 amide bonds. The molecule has 3 aromatic rings. The number of amides is 1. The van der Waals surface area contributed by atoms with Gasteiger partial charge in [0, 0.05) is 12.4 Å². The molecule has 1 heterocycles. The fraction of sp³-hybridized carbons (Fsp3) is 0.182. The highest BCUT2D eigenvalue weighted by Gasteiger charge is 2.21. The van der Waals surface area contributed by atoms with E-state index in [0.717, 1.165) is 16.9 Å². The number of carbonyl (C=O) groups is 1. The maximum atomic E-state index is 12.7. The molecule has 0 aliphatic heterocycles. The number of nitrogens with zero attached hydrogens (tertiary/aromatic N) is 1. The minimum atomic E-state index is -0.356. The van der Waals surface area contributed by atoms with Crippen molar-refractivity contribution >= 4 is 5.91 Å². The number of hydrogen-bond acceptors (Lipinski definition) is 4. The molecule has 0 saturated carbocycles. The van der Waals surface area contributed by atoms with E-state index in [1.807, 2.05) is 72.8 Å². The monoisotopic (exact) mass is 362 g/mol. The third kappa shape index (κ3) is 5.94. The molecule has 1 aromatic heterocycles. The van der Waals surface area contributed by atoms with Gasteiger partial charge < -0.3 is 4.74 Å². The standard InChI is InChI=1S/C22H22N2O3/c25-22(24-27-15-14-26-20-11-5-2-6-12-20)21(19-9-3-1-4-10-19)16-18-8-7-13-23-17-18/h1-13,17,21H,14-16H2,(H,24,25). The van der Waals surface area contributed by atoms with Crippen LogP contribution in [-0.2, 0) is 16.1 Å². The summed E-state index contributed by atoms with van der Waals surface area (Å²) in [6.45, 7) is 0.609. The topological polar surface area (TPSA) is 60.5 Å². The average Bonchev–Trinajstić information content (AvgIpc) is 2.74. The molecule has 0 radical (unpaired) electrons. The number of ether oxygens (including phenoxy) is 1. The van der Waals surface area contributed by atoms with E-state index in [4.69, 9.17) is 9.57 Å². The molecule has 3 rings (SSSR count). The van der Waals surface area contributed by atoms with E-state index in [1.54, 1.807) is 12.4 Å². The van der Waals surface area contributed by atoms with E-state index in [2.05, 4.69) is 10.5 Å². The quantitative estimate of drug-likeness (QED) is 0.467. The lowest BCUT2D eigenvalue weighted by Crippen LogP contribution is -2.32. The number of hydrogen-bond donors (Lipinski definition) is 1. The first-order valence-electron chi connectivity index (χ1n) is 8.86. The number of benzene rings is 2. The van der Waals surface area contributed by atoms with Crippen molar-refractivity contribution in [1.29, 1.82) is 0 Å². The third-order valence-corrected chi connectivity index (χ3v) is 4.05. The normalized spacial score (nSPS) is 11.6. The maximum absolute atomic E-state index is 12.7. The molecule has 0 fully saturated rings. The van der Waals surface area contributed by atoms with Crippen molar-refractivity contribution < 1.29 is 14.4 Å². The molecule has 1 atom stereocenters. The van der Waals surface area contributed by atoms with Gasteiger partial charge in [-0.2, -0.15) is 0 Å². The Kier molecular flexibility index (Phi) is 6.95. The van der Waals surface area contributed by atoms with E-state index in [-0.39, 0.29) is 18.4 Å². The van der Waals surface area contributed by atoms with Gasteiger partial charge in [0.2, 0.25) is 0 Å². The molecule has 5 nitrogen and oxygen atoms in total. The Balaban J connectivity index is 1.53. The van der Waals surface area contributed by atoms with Crippen LogP contribution in [0.3, 0.4) is 0 Å². The van der Waals surface area contributed by atoms with Crippen LogP contribution >= 0.6 is 0 Å². The van der Waals surface area contributed by atoms with Gasteiger partial charge in [-0.25, -0.2) is 5.48 Å². The molecule has 0 bridgehead atoms. The summed E-state index contributed by atoms with van der Waals surface area (Å²) in [5.41, 5.74) is 4.48. The first kappa shape index (κ1) is 18.6. The summed E-state index contributed by atoms with van der Waals surface area (Å²) >= 11 is 0. The van der Waals surface area contributed by atoms with E-state index in [1.165, 1.54) is 0 Å². The number of nitrogens with one attached hydrogen (secondary N) is 1. The Morgan fingerprint density at radius 2 is 1.67 bits per heavy atom. The van der Waals surface area contributed by atoms with Gasteiger partial charge in [-0.3, -0.25) is 14.6 Å². The van der Waals surface area contributed by atoms with Gasteiger partial charge in [-0.05, 0) is 35.7 Å². The zero-order chi connectivity index (χ0) is 18.7. The fourth-order valence-electron chi connectivity index (χ4n) is 2.71. The summed E-state index contributed by atoms with van der Waals surface area (Å²) in [6.07, 6.45) is 4.04. The maximum Gasteiger partial charge on any atom is 0.251 e. The number of pyridine rings is 1. The predicted octanol–water partition coefficient (Wildman–Crippen LogP) is 3.53. The number of hydroxylamine groups is 1. The number of carbonyl (C=O) groups excluding carboxylic acids is 1. The van der Waals surface area contributed by atoms with Crippen molar-refractivity contribution in [2.45, 2.75) is 12.3 Å². The van der Waals surface area contributed by atoms with Crippen LogP contribution in [0.1, 0.15) is 17.0 Å². The predicted molar refractivity (Wildman–Crippen MR) is 103 cm³/mol. The number of para-hydroxylation sites is 1. The highest BCUT2D eigenvalue weighted by Crippen LogP contribution is 2.21. The first-order chi connectivity index (χ1) is 13.3. The van der Waals surface area contributed by atoms with Crippen molar-refractivity contribution in [2.24, 2.45) is 0 Å². The van der Waals surface area contributed by atoms with E-state index in [9.17, 15) is 4.79 Å². The van der Waals surface area contributed by atoms with Crippen LogP contribution in [-0.4, -0.2) is 24.1 Å². The van der Waals surface area contributed by atoms with Crippen LogP contribution < -0.4 is 10.2 Å². The summed E-state index contributed by atoms with van der Waals surface area (Å²) in [5, 5.41) is 0. The summed E-state index contributed by atoms with van der Waals surface area (Å²) in [4.78, 5) is 22.1. The Morgan fingerprint density at radius 1 is 0.926 bits per heavy atom. The lowest BCUT2D eigenvalue weighted by Gasteiger charge is -2.17. The lowest BCUT2D eigenvalue weighted by atomic mass is 9.92. The highest BCUT2D eigenvalue weighted by molar-refractivity contribution is 5.83. The Hall–Kier alpha value is -3.18. The van der Waals surface area contributed by atoms with Gasteiger partial charge in [0.1, 0.15) is 19.0 Å². The molecule has 5 heteroatoms. The van der Waals surface area contributed by atoms with Crippen LogP contribution in [0.5, 0.6) is 5.75 Å². The van der Waals surface area contributed by atoms with Crippen molar-refractivity contribution in [1.82, 2.24) is 10.5 Å². The van der Waals surface area contributed by atoms with Gasteiger partial charge in [0.05, 0.1) is 5.92 Å². The molecular formula is C22H22N2O3. The van der Waals surface area contributed by atoms with Crippen LogP contribution in [0.15, 0.2) is 85.2 Å². The van der Waals surface area contributed by atoms with Crippen molar-refractivity contribution in [2.75, 3.05) is 13.2 Å². The largest absolute Gasteiger partial charge is 0.491 e. The summed E-state index contributed by atoms with van der Waals surface area (Å²) < 4.78 is 5.54. The molecule has 27 heavy (non-hydrogen) atoms. The van der Waals surface area contributed by atoms with Crippen molar-refractivity contribution in [3.8, 4) is 5.75 Å². The SMILES string of the molecule is O=C(NOCCOc1ccccc1)C(Cc1cccnc1)c1ccccc1. The van der Waals surface area contributed by atoms with Gasteiger partial charge in [0.25, 0.3) is 5.91 Å². The molecule has 2 aromatic carbocycles. The summed E-state index contributed by atoms with van der Waals surface area (Å²) in [7, 11) is 0. The second-order valence-electron chi connectivity index (χ2n) is 6.00. The summed E-state index contributed by atoms with van der Waals surface area (Å²) in [5.74, 6) is 0.223. The fourth-order valence-corrected chi connectivity index (χ4v) is 2.71. The van der Waals surface area contributed by atoms with Crippen LogP contribution in [0, 0.1) is 0 Å². The molecule has 0 spiro atoms. The van der Waals surface area contributed by atoms with Crippen molar-refractivity contribution in [3.05, 3.63) is 96.3 Å². The van der Waals surface area contributed by atoms with E-state index >= 15 is 0 Å². The lowest BCUT2D eigenvalue weighted by molar-refractivity contribution is -0.135. The smallest absolute Gasteiger partial charge is 0.251 e. The van der Waals surface area contributed by atoms with Gasteiger partial charge in [0.15, 0.2) is 0 Å². The molecule has 1 unspecified atom stereocenters. The number of rotatable bonds is 9. The van der Waals surface area contributed by atoms with Crippen LogP contribution in [0.25, 0.3) is 0 Å². The Bertz CT molecular complexity index is 811. The minimum Gasteiger partial charge on any atom is -0.491 e. The highest BCUT2D eigenvalue weighted by atomic mass is 16.7. The summed E-state index contributed by atoms with van der Waals surface area (Å²) in [6, 6.07) is 23.0. The van der Waals surface area contributed by atoms with E-state index < -0.39 is 0 Å². The van der Waals surface area contributed by atoms with Gasteiger partial charge in [-0.15, -0.1) is 0 Å². The molecular weight excluding hydrogens is 340 g/mol. The first-order valence-corrected chi connectivity index (χ1v) is 8.86. The van der Waals surface area contributed by atoms with Crippen LogP contribution in [0.2, 0.25) is 0 Å². The molecule has 0 aliphatic carbocycles. The third-order valence-electron chi connectivity index (χ3n) is 4.05. The average molecular weight is 362 g/mol. The minimum absolute atomic E-state index is 0.190. The Labute approximate surface area is 158 Å².